The van der Waals surface area contributed by atoms with Gasteiger partial charge in [-0.3, -0.25) is 0 Å². The van der Waals surface area contributed by atoms with Crippen LogP contribution < -0.4 is 0 Å². The van der Waals surface area contributed by atoms with Gasteiger partial charge in [-0.2, -0.15) is 0 Å². The molecule has 0 rings (SSSR count). The Labute approximate surface area is 64.5 Å². The highest BCUT2D eigenvalue weighted by atomic mass is 79.9. The molecule has 0 bridgehead atoms. The molecule has 0 aliphatic rings. The quantitative estimate of drug-likeness (QED) is 0.756. The molecular weight excluding hydrogens is 240 g/mol. The van der Waals surface area contributed by atoms with E-state index in [9.17, 15) is 4.79 Å². The van der Waals surface area contributed by atoms with Crippen molar-refractivity contribution < 1.29 is 9.90 Å². The van der Waals surface area contributed by atoms with Crippen molar-refractivity contribution in [3.63, 3.8) is 0 Å². The third kappa shape index (κ3) is 2.13. The zero-order chi connectivity index (χ0) is 6.78. The molecule has 0 saturated carbocycles. The van der Waals surface area contributed by atoms with Gasteiger partial charge in [0.05, 0.1) is 0 Å². The summed E-state index contributed by atoms with van der Waals surface area (Å²) in [5.74, 6) is -0.889. The zero-order valence-electron chi connectivity index (χ0n) is 4.32. The Balaban J connectivity index is 3.91. The van der Waals surface area contributed by atoms with Crippen molar-refractivity contribution in [2.45, 2.75) is 16.6 Å². The fraction of sp³-hybridized carbons (Fsp3) is 0.750. The van der Waals surface area contributed by atoms with Crippen molar-refractivity contribution in [3.05, 3.63) is 0 Å². The topological polar surface area (TPSA) is 37.3 Å². The highest BCUT2D eigenvalue weighted by Crippen LogP contribution is 2.29. The number of aliphatic carboxylic acids is 1. The van der Waals surface area contributed by atoms with Crippen molar-refractivity contribution in [1.29, 1.82) is 0 Å². The summed E-state index contributed by atoms with van der Waals surface area (Å²) in [7, 11) is 0. The molecule has 4 heteroatoms. The summed E-state index contributed by atoms with van der Waals surface area (Å²) in [6.45, 7) is 1.78. The average molecular weight is 246 g/mol. The molecule has 0 aliphatic heterocycles. The maximum Gasteiger partial charge on any atom is 0.331 e. The standard InChI is InChI=1S/C4H6Br2O2/c1-2-4(5,6)3(7)8/h2H2,1H3,(H,7,8). The van der Waals surface area contributed by atoms with Gasteiger partial charge in [-0.25, -0.2) is 4.79 Å². The van der Waals surface area contributed by atoms with Crippen molar-refractivity contribution in [2.24, 2.45) is 0 Å². The minimum Gasteiger partial charge on any atom is -0.480 e. The molecule has 0 radical (unpaired) electrons. The number of carboxylic acid groups (broad SMARTS) is 1. The summed E-state index contributed by atoms with van der Waals surface area (Å²) in [6.07, 6.45) is 0.516. The summed E-state index contributed by atoms with van der Waals surface area (Å²) in [4.78, 5) is 10.2. The third-order valence-electron chi connectivity index (χ3n) is 0.757. The maximum absolute atomic E-state index is 10.2. The van der Waals surface area contributed by atoms with Crippen LogP contribution in [0.3, 0.4) is 0 Å². The Kier molecular flexibility index (Phi) is 2.98. The summed E-state index contributed by atoms with van der Waals surface area (Å²) in [6, 6.07) is 0. The van der Waals surface area contributed by atoms with Gasteiger partial charge in [0, 0.05) is 0 Å². The van der Waals surface area contributed by atoms with E-state index in [-0.39, 0.29) is 0 Å². The van der Waals surface area contributed by atoms with Crippen molar-refractivity contribution in [3.8, 4) is 0 Å². The van der Waals surface area contributed by atoms with Crippen LogP contribution in [0.4, 0.5) is 0 Å². The lowest BCUT2D eigenvalue weighted by Gasteiger charge is -2.09. The first-order valence-electron chi connectivity index (χ1n) is 2.12. The van der Waals surface area contributed by atoms with Gasteiger partial charge in [-0.15, -0.1) is 0 Å². The van der Waals surface area contributed by atoms with Crippen LogP contribution >= 0.6 is 31.9 Å². The van der Waals surface area contributed by atoms with Gasteiger partial charge in [0.25, 0.3) is 0 Å². The predicted octanol–water partition coefficient (Wildman–Crippen LogP) is 1.97. The fourth-order valence-electron chi connectivity index (χ4n) is 0.151. The van der Waals surface area contributed by atoms with E-state index in [2.05, 4.69) is 31.9 Å². The van der Waals surface area contributed by atoms with E-state index in [1.165, 1.54) is 0 Å². The first-order valence-corrected chi connectivity index (χ1v) is 3.70. The molecule has 0 fully saturated rings. The Morgan fingerprint density at radius 1 is 1.75 bits per heavy atom. The molecule has 0 aliphatic carbocycles. The summed E-state index contributed by atoms with van der Waals surface area (Å²) >= 11 is 5.92. The first-order chi connectivity index (χ1) is 3.50. The van der Waals surface area contributed by atoms with Crippen LogP contribution in [0.25, 0.3) is 0 Å². The summed E-state index contributed by atoms with van der Waals surface area (Å²) in [5.41, 5.74) is 0. The second-order valence-electron chi connectivity index (χ2n) is 1.36. The van der Waals surface area contributed by atoms with E-state index >= 15 is 0 Å². The highest BCUT2D eigenvalue weighted by molar-refractivity contribution is 9.25. The molecule has 0 atom stereocenters. The number of alkyl halides is 2. The predicted molar refractivity (Wildman–Crippen MR) is 38.5 cm³/mol. The molecule has 0 aromatic carbocycles. The summed E-state index contributed by atoms with van der Waals surface area (Å²) in [5, 5.41) is 8.35. The normalized spacial score (nSPS) is 11.4. The minimum absolute atomic E-state index is 0.516. The number of carboxylic acids is 1. The molecule has 0 spiro atoms. The van der Waals surface area contributed by atoms with Gasteiger partial charge in [0.2, 0.25) is 0 Å². The van der Waals surface area contributed by atoms with Gasteiger partial charge < -0.3 is 5.11 Å². The molecule has 0 heterocycles. The van der Waals surface area contributed by atoms with Gasteiger partial charge in [-0.1, -0.05) is 38.8 Å². The van der Waals surface area contributed by atoms with E-state index in [1.807, 2.05) is 0 Å². The van der Waals surface area contributed by atoms with Crippen LogP contribution in [0.5, 0.6) is 0 Å². The largest absolute Gasteiger partial charge is 0.480 e. The Morgan fingerprint density at radius 2 is 2.12 bits per heavy atom. The van der Waals surface area contributed by atoms with E-state index in [0.717, 1.165) is 0 Å². The van der Waals surface area contributed by atoms with Crippen LogP contribution in [0.2, 0.25) is 0 Å². The number of carbonyl (C=O) groups is 1. The lowest BCUT2D eigenvalue weighted by Crippen LogP contribution is -2.22. The molecule has 2 nitrogen and oxygen atoms in total. The number of halogens is 2. The van der Waals surface area contributed by atoms with Crippen LogP contribution in [0.1, 0.15) is 13.3 Å². The average Bonchev–Trinajstić information content (AvgIpc) is 1.67. The van der Waals surface area contributed by atoms with Gasteiger partial charge >= 0.3 is 5.97 Å². The Bertz CT molecular complexity index is 100. The molecule has 0 unspecified atom stereocenters. The van der Waals surface area contributed by atoms with Crippen LogP contribution in [0, 0.1) is 0 Å². The zero-order valence-corrected chi connectivity index (χ0v) is 7.49. The Morgan fingerprint density at radius 3 is 2.12 bits per heavy atom. The van der Waals surface area contributed by atoms with E-state index in [0.29, 0.717) is 6.42 Å². The summed E-state index contributed by atoms with van der Waals surface area (Å²) < 4.78 is -0.917. The first kappa shape index (κ1) is 8.43. The molecule has 48 valence electrons. The molecule has 8 heavy (non-hydrogen) atoms. The second kappa shape index (κ2) is 2.82. The number of rotatable bonds is 2. The lowest BCUT2D eigenvalue weighted by atomic mass is 10.3. The number of hydrogen-bond acceptors (Lipinski definition) is 1. The van der Waals surface area contributed by atoms with Crippen molar-refractivity contribution in [2.75, 3.05) is 0 Å². The monoisotopic (exact) mass is 244 g/mol. The lowest BCUT2D eigenvalue weighted by molar-refractivity contribution is -0.137. The van der Waals surface area contributed by atoms with Gasteiger partial charge in [0.15, 0.2) is 3.23 Å². The second-order valence-corrected chi connectivity index (χ2v) is 5.13. The third-order valence-corrected chi connectivity index (χ3v) is 2.56. The van der Waals surface area contributed by atoms with Crippen LogP contribution in [-0.2, 0) is 4.79 Å². The molecule has 0 aromatic heterocycles. The highest BCUT2D eigenvalue weighted by Gasteiger charge is 2.29. The maximum atomic E-state index is 10.2. The minimum atomic E-state index is -0.917. The van der Waals surface area contributed by atoms with Crippen LogP contribution in [0.15, 0.2) is 0 Å². The Hall–Kier alpha value is 0.430. The van der Waals surface area contributed by atoms with Crippen molar-refractivity contribution >= 4 is 37.8 Å². The van der Waals surface area contributed by atoms with Gasteiger partial charge in [0.1, 0.15) is 0 Å². The van der Waals surface area contributed by atoms with Gasteiger partial charge in [-0.05, 0) is 6.42 Å². The van der Waals surface area contributed by atoms with E-state index in [1.54, 1.807) is 6.92 Å². The smallest absolute Gasteiger partial charge is 0.331 e. The molecule has 0 aromatic rings. The fourth-order valence-corrected chi connectivity index (χ4v) is 0.151. The molecule has 1 N–H and O–H groups in total. The molecular formula is C4H6Br2O2. The van der Waals surface area contributed by atoms with Crippen molar-refractivity contribution in [1.82, 2.24) is 0 Å². The van der Waals surface area contributed by atoms with Crippen LogP contribution in [-0.4, -0.2) is 14.3 Å². The SMILES string of the molecule is CCC(Br)(Br)C(=O)O. The van der Waals surface area contributed by atoms with E-state index in [4.69, 9.17) is 5.11 Å². The number of hydrogen-bond donors (Lipinski definition) is 1. The van der Waals surface area contributed by atoms with E-state index < -0.39 is 9.20 Å². The molecule has 0 amide bonds. The molecule has 0 saturated heterocycles.